The molecule has 6 saturated carbocycles. The minimum Gasteiger partial charge on any atom is -0.393 e. The number of allylic oxidation sites excluding steroid dienone is 2. The Morgan fingerprint density at radius 3 is 1.70 bits per heavy atom. The lowest BCUT2D eigenvalue weighted by Gasteiger charge is -2.65. The minimum absolute atomic E-state index is 0.0849. The fourth-order valence-electron chi connectivity index (χ4n) is 18.6. The van der Waals surface area contributed by atoms with Crippen molar-refractivity contribution in [3.63, 3.8) is 0 Å². The van der Waals surface area contributed by atoms with Gasteiger partial charge in [-0.2, -0.15) is 0 Å². The van der Waals surface area contributed by atoms with Crippen molar-refractivity contribution in [1.82, 2.24) is 0 Å². The van der Waals surface area contributed by atoms with E-state index in [1.165, 1.54) is 103 Å². The molecule has 18 atom stereocenters. The molecule has 56 heavy (non-hydrogen) atoms. The van der Waals surface area contributed by atoms with E-state index in [1.54, 1.807) is 11.1 Å². The summed E-state index contributed by atoms with van der Waals surface area (Å²) in [6.45, 7) is 25.6. The SMILES string of the molecule is CC(C)CCC[C@@H](C)[C@H]1CC[C@H]2[C@@H]3CC=C4C(C5C[C@H](O)CC6=CC[C@H]7[C@@H]8CC[C@H]([C@H](C)CCCC(C)C)[C@@]8(C)CC[C@@H]7[C@]65C)[C@@H](O)CC[C@]4(C)[C@H]3CC[C@]12C. The van der Waals surface area contributed by atoms with Gasteiger partial charge in [0.1, 0.15) is 0 Å². The largest absolute Gasteiger partial charge is 0.393 e. The highest BCUT2D eigenvalue weighted by molar-refractivity contribution is 5.34. The molecule has 0 amide bonds. The van der Waals surface area contributed by atoms with Crippen LogP contribution in [0.4, 0.5) is 0 Å². The van der Waals surface area contributed by atoms with Crippen molar-refractivity contribution in [3.8, 4) is 0 Å². The van der Waals surface area contributed by atoms with Crippen LogP contribution in [0.15, 0.2) is 23.3 Å². The maximum Gasteiger partial charge on any atom is 0.0609 e. The second-order valence-electron chi connectivity index (χ2n) is 24.7. The van der Waals surface area contributed by atoms with Crippen LogP contribution in [-0.4, -0.2) is 22.4 Å². The van der Waals surface area contributed by atoms with E-state index in [0.717, 1.165) is 90.8 Å². The standard InChI is InChI=1S/C54H90O2/c1-33(2)13-11-15-35(5)41-21-23-43-39-19-20-47-50(49(56)27-30-53(47,9)45(39)25-28-51(41,43)7)48-32-38(55)31-37-17-18-40-44-24-22-42(36(6)16-12-14-34(3)4)52(44,8)29-26-46(40)54(37,48)10/h17,20,33-36,38-46,48-50,55-56H,11-16,18-19,21-32H2,1-10H3/t35-,36-,38-,39+,40+,41-,42-,43+,44+,45+,46+,48?,49+,50?,51-,52-,53-,54+/m1/s1. The molecule has 2 nitrogen and oxygen atoms in total. The summed E-state index contributed by atoms with van der Waals surface area (Å²) in [4.78, 5) is 0. The normalized spacial score (nSPS) is 49.5. The maximum absolute atomic E-state index is 12.4. The van der Waals surface area contributed by atoms with Crippen molar-refractivity contribution in [2.75, 3.05) is 0 Å². The Labute approximate surface area is 346 Å². The predicted molar refractivity (Wildman–Crippen MR) is 236 cm³/mol. The van der Waals surface area contributed by atoms with Crippen LogP contribution in [0.3, 0.4) is 0 Å². The first kappa shape index (κ1) is 42.1. The van der Waals surface area contributed by atoms with Gasteiger partial charge in [-0.05, 0) is 188 Å². The number of rotatable bonds is 11. The molecule has 2 unspecified atom stereocenters. The zero-order chi connectivity index (χ0) is 39.9. The molecule has 0 aromatic rings. The Bertz CT molecular complexity index is 1460. The van der Waals surface area contributed by atoms with Gasteiger partial charge in [-0.15, -0.1) is 0 Å². The van der Waals surface area contributed by atoms with Crippen LogP contribution in [-0.2, 0) is 0 Å². The number of aliphatic hydroxyl groups excluding tert-OH is 2. The quantitative estimate of drug-likeness (QED) is 0.205. The van der Waals surface area contributed by atoms with Gasteiger partial charge < -0.3 is 10.2 Å². The molecule has 0 saturated heterocycles. The van der Waals surface area contributed by atoms with E-state index >= 15 is 0 Å². The molecule has 318 valence electrons. The van der Waals surface area contributed by atoms with Crippen LogP contribution >= 0.6 is 0 Å². The van der Waals surface area contributed by atoms with Gasteiger partial charge in [0.25, 0.3) is 0 Å². The summed E-state index contributed by atoms with van der Waals surface area (Å²) in [7, 11) is 0. The maximum atomic E-state index is 12.4. The lowest BCUT2D eigenvalue weighted by Crippen LogP contribution is -2.59. The highest BCUT2D eigenvalue weighted by Crippen LogP contribution is 2.72. The van der Waals surface area contributed by atoms with Gasteiger partial charge in [-0.3, -0.25) is 0 Å². The second kappa shape index (κ2) is 15.7. The number of hydrogen-bond donors (Lipinski definition) is 2. The fraction of sp³-hybridized carbons (Fsp3) is 0.926. The van der Waals surface area contributed by atoms with Gasteiger partial charge in [-0.25, -0.2) is 0 Å². The fourth-order valence-corrected chi connectivity index (χ4v) is 18.6. The third-order valence-electron chi connectivity index (χ3n) is 21.4. The lowest BCUT2D eigenvalue weighted by molar-refractivity contribution is -0.117. The van der Waals surface area contributed by atoms with Crippen molar-refractivity contribution < 1.29 is 10.2 Å². The summed E-state index contributed by atoms with van der Waals surface area (Å²) in [6.07, 6.45) is 31.0. The molecule has 6 fully saturated rings. The smallest absolute Gasteiger partial charge is 0.0609 e. The van der Waals surface area contributed by atoms with Crippen LogP contribution < -0.4 is 0 Å². The Kier molecular flexibility index (Phi) is 11.8. The molecule has 8 aliphatic carbocycles. The Morgan fingerprint density at radius 2 is 1.12 bits per heavy atom. The Balaban J connectivity index is 1.05. The van der Waals surface area contributed by atoms with Gasteiger partial charge >= 0.3 is 0 Å². The highest BCUT2D eigenvalue weighted by Gasteiger charge is 2.65. The number of hydrogen-bond acceptors (Lipinski definition) is 2. The summed E-state index contributed by atoms with van der Waals surface area (Å²) in [5.41, 5.74) is 4.52. The molecular formula is C54H90O2. The van der Waals surface area contributed by atoms with E-state index in [-0.39, 0.29) is 29.0 Å². The molecule has 2 N–H and O–H groups in total. The highest BCUT2D eigenvalue weighted by atomic mass is 16.3. The van der Waals surface area contributed by atoms with Gasteiger partial charge in [0.05, 0.1) is 12.2 Å². The van der Waals surface area contributed by atoms with E-state index < -0.39 is 0 Å². The van der Waals surface area contributed by atoms with Gasteiger partial charge in [0, 0.05) is 5.92 Å². The Hall–Kier alpha value is -0.600. The van der Waals surface area contributed by atoms with Crippen molar-refractivity contribution in [2.45, 2.75) is 210 Å². The van der Waals surface area contributed by atoms with E-state index in [4.69, 9.17) is 0 Å². The van der Waals surface area contributed by atoms with Crippen LogP contribution in [0, 0.1) is 105 Å². The molecule has 0 spiro atoms. The average molecular weight is 771 g/mol. The van der Waals surface area contributed by atoms with Crippen molar-refractivity contribution in [3.05, 3.63) is 23.3 Å². The third-order valence-corrected chi connectivity index (χ3v) is 21.4. The molecule has 8 rings (SSSR count). The predicted octanol–water partition coefficient (Wildman–Crippen LogP) is 14.2. The van der Waals surface area contributed by atoms with Crippen LogP contribution in [0.2, 0.25) is 0 Å². The van der Waals surface area contributed by atoms with Crippen molar-refractivity contribution in [1.29, 1.82) is 0 Å². The summed E-state index contributed by atoms with van der Waals surface area (Å²) in [5, 5.41) is 24.1. The molecule has 0 aromatic carbocycles. The molecule has 0 aromatic heterocycles. The Morgan fingerprint density at radius 1 is 0.589 bits per heavy atom. The van der Waals surface area contributed by atoms with Gasteiger partial charge in [0.15, 0.2) is 0 Å². The summed E-state index contributed by atoms with van der Waals surface area (Å²) < 4.78 is 0. The van der Waals surface area contributed by atoms with E-state index in [0.29, 0.717) is 22.7 Å². The van der Waals surface area contributed by atoms with E-state index in [2.05, 4.69) is 81.4 Å². The summed E-state index contributed by atoms with van der Waals surface area (Å²) >= 11 is 0. The van der Waals surface area contributed by atoms with Gasteiger partial charge in [0.2, 0.25) is 0 Å². The lowest BCUT2D eigenvalue weighted by atomic mass is 9.40. The first-order chi connectivity index (χ1) is 26.5. The molecule has 0 aliphatic heterocycles. The van der Waals surface area contributed by atoms with E-state index in [9.17, 15) is 10.2 Å². The topological polar surface area (TPSA) is 40.5 Å². The first-order valence-corrected chi connectivity index (χ1v) is 25.3. The van der Waals surface area contributed by atoms with Crippen LogP contribution in [0.5, 0.6) is 0 Å². The summed E-state index contributed by atoms with van der Waals surface area (Å²) in [5.74, 6) is 10.4. The monoisotopic (exact) mass is 771 g/mol. The molecule has 0 radical (unpaired) electrons. The van der Waals surface area contributed by atoms with Crippen LogP contribution in [0.25, 0.3) is 0 Å². The molecule has 2 heteroatoms. The zero-order valence-electron chi connectivity index (χ0n) is 38.4. The third kappa shape index (κ3) is 6.75. The molecule has 0 heterocycles. The van der Waals surface area contributed by atoms with Crippen LogP contribution in [0.1, 0.15) is 198 Å². The average Bonchev–Trinajstić information content (AvgIpc) is 3.68. The molecular weight excluding hydrogens is 681 g/mol. The van der Waals surface area contributed by atoms with E-state index in [1.807, 2.05) is 0 Å². The second-order valence-corrected chi connectivity index (χ2v) is 24.7. The van der Waals surface area contributed by atoms with Gasteiger partial charge in [-0.1, -0.05) is 131 Å². The number of aliphatic hydroxyl groups is 2. The first-order valence-electron chi connectivity index (χ1n) is 25.3. The zero-order valence-corrected chi connectivity index (χ0v) is 38.4. The van der Waals surface area contributed by atoms with Crippen molar-refractivity contribution in [2.24, 2.45) is 105 Å². The number of fused-ring (bicyclic) bond motifs is 10. The summed E-state index contributed by atoms with van der Waals surface area (Å²) in [6, 6.07) is 0. The minimum atomic E-state index is -0.271. The van der Waals surface area contributed by atoms with Crippen molar-refractivity contribution >= 4 is 0 Å². The molecule has 8 aliphatic rings. The molecule has 0 bridgehead atoms.